The van der Waals surface area contributed by atoms with E-state index in [4.69, 9.17) is 0 Å². The molecule has 0 aliphatic carbocycles. The molecule has 0 amide bonds. The summed E-state index contributed by atoms with van der Waals surface area (Å²) >= 11 is 0. The Bertz CT molecular complexity index is 820. The normalized spacial score (nSPS) is 13.7. The van der Waals surface area contributed by atoms with Crippen LogP contribution >= 0.6 is 0 Å². The summed E-state index contributed by atoms with van der Waals surface area (Å²) < 4.78 is 50.5. The zero-order valence-corrected chi connectivity index (χ0v) is 13.5. The van der Waals surface area contributed by atoms with Gasteiger partial charge < -0.3 is 0 Å². The molecule has 0 aliphatic heterocycles. The second-order valence-corrected chi connectivity index (χ2v) is 8.72. The summed E-state index contributed by atoms with van der Waals surface area (Å²) in [4.78, 5) is 4.05. The largest absolute Gasteiger partial charge is 0.264 e. The molecule has 1 aromatic heterocycles. The minimum Gasteiger partial charge on any atom is -0.264 e. The van der Waals surface area contributed by atoms with Gasteiger partial charge in [0, 0.05) is 18.9 Å². The SMILES string of the molecule is CS(=O)(=O)NCC(c1cccnc1)S(=O)(=O)c1ccccc1. The van der Waals surface area contributed by atoms with Crippen LogP contribution in [0.15, 0.2) is 59.8 Å². The van der Waals surface area contributed by atoms with Crippen molar-refractivity contribution in [3.8, 4) is 0 Å². The Labute approximate surface area is 130 Å². The highest BCUT2D eigenvalue weighted by Crippen LogP contribution is 2.27. The standard InChI is InChI=1S/C14H16N2O4S2/c1-21(17,18)16-11-14(12-6-5-9-15-10-12)22(19,20)13-7-3-2-4-8-13/h2-10,14,16H,11H2,1H3. The van der Waals surface area contributed by atoms with Gasteiger partial charge in [0.15, 0.2) is 9.84 Å². The molecule has 0 aliphatic rings. The molecule has 2 aromatic rings. The van der Waals surface area contributed by atoms with Gasteiger partial charge in [0.2, 0.25) is 10.0 Å². The first-order chi connectivity index (χ1) is 10.3. The first kappa shape index (κ1) is 16.6. The number of pyridine rings is 1. The Morgan fingerprint density at radius 3 is 2.27 bits per heavy atom. The predicted molar refractivity (Wildman–Crippen MR) is 83.5 cm³/mol. The molecule has 0 saturated carbocycles. The summed E-state index contributed by atoms with van der Waals surface area (Å²) in [7, 11) is -7.25. The molecule has 2 rings (SSSR count). The third-order valence-corrected chi connectivity index (χ3v) is 5.84. The lowest BCUT2D eigenvalue weighted by atomic mass is 10.2. The van der Waals surface area contributed by atoms with Gasteiger partial charge in [0.25, 0.3) is 0 Å². The molecule has 1 aromatic carbocycles. The Kier molecular flexibility index (Phi) is 4.94. The van der Waals surface area contributed by atoms with E-state index in [0.717, 1.165) is 6.26 Å². The number of sulfone groups is 1. The minimum atomic E-state index is -3.74. The van der Waals surface area contributed by atoms with E-state index in [1.807, 2.05) is 0 Å². The van der Waals surface area contributed by atoms with Gasteiger partial charge in [-0.3, -0.25) is 4.98 Å². The van der Waals surface area contributed by atoms with E-state index in [0.29, 0.717) is 5.56 Å². The molecule has 1 atom stereocenters. The van der Waals surface area contributed by atoms with Crippen molar-refractivity contribution >= 4 is 19.9 Å². The maximum absolute atomic E-state index is 12.8. The first-order valence-electron chi connectivity index (χ1n) is 6.44. The van der Waals surface area contributed by atoms with E-state index in [1.165, 1.54) is 24.5 Å². The summed E-state index contributed by atoms with van der Waals surface area (Å²) in [5, 5.41) is -1.04. The van der Waals surface area contributed by atoms with Crippen LogP contribution in [0.4, 0.5) is 0 Å². The van der Waals surface area contributed by atoms with Gasteiger partial charge in [0.05, 0.1) is 11.2 Å². The molecular formula is C14H16N2O4S2. The number of nitrogens with one attached hydrogen (secondary N) is 1. The van der Waals surface area contributed by atoms with E-state index in [9.17, 15) is 16.8 Å². The van der Waals surface area contributed by atoms with Crippen LogP contribution in [0.2, 0.25) is 0 Å². The molecule has 0 spiro atoms. The molecule has 118 valence electrons. The summed E-state index contributed by atoms with van der Waals surface area (Å²) in [6, 6.07) is 11.2. The lowest BCUT2D eigenvalue weighted by Gasteiger charge is -2.18. The van der Waals surface area contributed by atoms with Crippen molar-refractivity contribution in [2.75, 3.05) is 12.8 Å². The number of aromatic nitrogens is 1. The molecule has 1 heterocycles. The zero-order valence-electron chi connectivity index (χ0n) is 11.9. The van der Waals surface area contributed by atoms with Gasteiger partial charge in [-0.15, -0.1) is 0 Å². The van der Waals surface area contributed by atoms with E-state index >= 15 is 0 Å². The van der Waals surface area contributed by atoms with Gasteiger partial charge in [-0.25, -0.2) is 21.6 Å². The van der Waals surface area contributed by atoms with Gasteiger partial charge in [0.1, 0.15) is 5.25 Å². The van der Waals surface area contributed by atoms with Gasteiger partial charge in [-0.1, -0.05) is 24.3 Å². The van der Waals surface area contributed by atoms with Crippen molar-refractivity contribution in [1.82, 2.24) is 9.71 Å². The lowest BCUT2D eigenvalue weighted by molar-refractivity contribution is 0.571. The van der Waals surface area contributed by atoms with Crippen molar-refractivity contribution in [1.29, 1.82) is 0 Å². The molecule has 0 radical (unpaired) electrons. The molecule has 0 bridgehead atoms. The maximum atomic E-state index is 12.8. The van der Waals surface area contributed by atoms with E-state index < -0.39 is 25.1 Å². The number of benzene rings is 1. The van der Waals surface area contributed by atoms with Crippen LogP contribution in [0.25, 0.3) is 0 Å². The molecule has 8 heteroatoms. The highest BCUT2D eigenvalue weighted by Gasteiger charge is 2.29. The summed E-state index contributed by atoms with van der Waals surface area (Å²) in [5.74, 6) is 0. The monoisotopic (exact) mass is 340 g/mol. The van der Waals surface area contributed by atoms with Crippen LogP contribution in [0.3, 0.4) is 0 Å². The highest BCUT2D eigenvalue weighted by atomic mass is 32.2. The Morgan fingerprint density at radius 2 is 1.73 bits per heavy atom. The lowest BCUT2D eigenvalue weighted by Crippen LogP contribution is -2.31. The maximum Gasteiger partial charge on any atom is 0.208 e. The second kappa shape index (κ2) is 6.55. The Morgan fingerprint density at radius 1 is 1.05 bits per heavy atom. The number of nitrogens with zero attached hydrogens (tertiary/aromatic N) is 1. The quantitative estimate of drug-likeness (QED) is 0.851. The number of sulfonamides is 1. The van der Waals surface area contributed by atoms with Gasteiger partial charge in [-0.2, -0.15) is 0 Å². The fraction of sp³-hybridized carbons (Fsp3) is 0.214. The van der Waals surface area contributed by atoms with Crippen molar-refractivity contribution in [3.63, 3.8) is 0 Å². The molecule has 22 heavy (non-hydrogen) atoms. The van der Waals surface area contributed by atoms with Gasteiger partial charge >= 0.3 is 0 Å². The first-order valence-corrected chi connectivity index (χ1v) is 9.88. The minimum absolute atomic E-state index is 0.138. The van der Waals surface area contributed by atoms with Crippen molar-refractivity contribution < 1.29 is 16.8 Å². The Hall–Kier alpha value is -1.77. The van der Waals surface area contributed by atoms with Gasteiger partial charge in [-0.05, 0) is 23.8 Å². The molecule has 6 nitrogen and oxygen atoms in total. The second-order valence-electron chi connectivity index (χ2n) is 4.75. The average molecular weight is 340 g/mol. The number of hydrogen-bond acceptors (Lipinski definition) is 5. The van der Waals surface area contributed by atoms with E-state index in [-0.39, 0.29) is 11.4 Å². The number of rotatable bonds is 6. The Balaban J connectivity index is 2.44. The van der Waals surface area contributed by atoms with E-state index in [2.05, 4.69) is 9.71 Å². The van der Waals surface area contributed by atoms with Crippen molar-refractivity contribution in [2.45, 2.75) is 10.1 Å². The van der Waals surface area contributed by atoms with Crippen molar-refractivity contribution in [3.05, 3.63) is 60.4 Å². The fourth-order valence-electron chi connectivity index (χ4n) is 1.97. The van der Waals surface area contributed by atoms with Crippen LogP contribution in [0.5, 0.6) is 0 Å². The van der Waals surface area contributed by atoms with Crippen LogP contribution in [0, 0.1) is 0 Å². The van der Waals surface area contributed by atoms with E-state index in [1.54, 1.807) is 30.3 Å². The topological polar surface area (TPSA) is 93.2 Å². The molecule has 1 N–H and O–H groups in total. The summed E-state index contributed by atoms with van der Waals surface area (Å²) in [6.07, 6.45) is 3.94. The molecule has 0 fully saturated rings. The zero-order chi connectivity index (χ0) is 16.2. The van der Waals surface area contributed by atoms with Crippen LogP contribution in [0.1, 0.15) is 10.8 Å². The average Bonchev–Trinajstić information content (AvgIpc) is 2.48. The smallest absolute Gasteiger partial charge is 0.208 e. The summed E-state index contributed by atoms with van der Waals surface area (Å²) in [6.45, 7) is -0.248. The van der Waals surface area contributed by atoms with Crippen LogP contribution in [-0.4, -0.2) is 34.6 Å². The van der Waals surface area contributed by atoms with Crippen molar-refractivity contribution in [2.24, 2.45) is 0 Å². The molecule has 0 saturated heterocycles. The van der Waals surface area contributed by atoms with Crippen LogP contribution in [-0.2, 0) is 19.9 Å². The molecular weight excluding hydrogens is 324 g/mol. The highest BCUT2D eigenvalue weighted by molar-refractivity contribution is 7.92. The number of hydrogen-bond donors (Lipinski definition) is 1. The third-order valence-electron chi connectivity index (χ3n) is 3.03. The summed E-state index contributed by atoms with van der Waals surface area (Å²) in [5.41, 5.74) is 0.433. The fourth-order valence-corrected chi connectivity index (χ4v) is 4.22. The van der Waals surface area contributed by atoms with Crippen LogP contribution < -0.4 is 4.72 Å². The third kappa shape index (κ3) is 4.12. The predicted octanol–water partition coefficient (Wildman–Crippen LogP) is 1.15. The molecule has 1 unspecified atom stereocenters.